The Morgan fingerprint density at radius 3 is 2.50 bits per heavy atom. The van der Waals surface area contributed by atoms with Crippen LogP contribution < -0.4 is 5.32 Å². The lowest BCUT2D eigenvalue weighted by Gasteiger charge is -2.32. The van der Waals surface area contributed by atoms with E-state index in [1.54, 1.807) is 0 Å². The van der Waals surface area contributed by atoms with Crippen LogP contribution in [0.25, 0.3) is 0 Å². The molecule has 0 N–H and O–H groups in total. The zero-order chi connectivity index (χ0) is 8.23. The van der Waals surface area contributed by atoms with E-state index in [1.165, 1.54) is 25.7 Å². The molecule has 2 aliphatic heterocycles. The minimum atomic E-state index is 0.891. The standard InChI is InChI=1S/C10H18NO/c1-2-10(8-11-5-1)9-3-6-12-7-4-9/h9-10H,1-8H2. The molecule has 1 atom stereocenters. The van der Waals surface area contributed by atoms with E-state index < -0.39 is 0 Å². The summed E-state index contributed by atoms with van der Waals surface area (Å²) in [6, 6.07) is 0. The highest BCUT2D eigenvalue weighted by atomic mass is 16.5. The van der Waals surface area contributed by atoms with Gasteiger partial charge in [-0.3, -0.25) is 0 Å². The number of piperidine rings is 1. The lowest BCUT2D eigenvalue weighted by molar-refractivity contribution is 0.0416. The van der Waals surface area contributed by atoms with Gasteiger partial charge in [-0.05, 0) is 37.5 Å². The number of ether oxygens (including phenoxy) is 1. The number of nitrogens with zero attached hydrogens (tertiary/aromatic N) is 1. The quantitative estimate of drug-likeness (QED) is 0.581. The molecule has 2 aliphatic rings. The van der Waals surface area contributed by atoms with Crippen LogP contribution >= 0.6 is 0 Å². The molecule has 1 radical (unpaired) electrons. The van der Waals surface area contributed by atoms with Crippen LogP contribution in [-0.4, -0.2) is 26.3 Å². The zero-order valence-corrected chi connectivity index (χ0v) is 7.67. The van der Waals surface area contributed by atoms with Crippen molar-refractivity contribution in [2.75, 3.05) is 26.3 Å². The minimum absolute atomic E-state index is 0.891. The maximum atomic E-state index is 5.36. The van der Waals surface area contributed by atoms with Gasteiger partial charge in [0.2, 0.25) is 0 Å². The van der Waals surface area contributed by atoms with Crippen molar-refractivity contribution in [1.29, 1.82) is 0 Å². The first-order valence-corrected chi connectivity index (χ1v) is 5.18. The van der Waals surface area contributed by atoms with Gasteiger partial charge in [0, 0.05) is 26.3 Å². The highest BCUT2D eigenvalue weighted by Crippen LogP contribution is 2.28. The molecule has 0 bridgehead atoms. The molecule has 12 heavy (non-hydrogen) atoms. The highest BCUT2D eigenvalue weighted by molar-refractivity contribution is 4.77. The molecule has 0 amide bonds. The first-order chi connectivity index (χ1) is 5.97. The van der Waals surface area contributed by atoms with Crippen molar-refractivity contribution in [3.63, 3.8) is 0 Å². The van der Waals surface area contributed by atoms with Crippen LogP contribution in [0.15, 0.2) is 0 Å². The van der Waals surface area contributed by atoms with Crippen LogP contribution in [0.1, 0.15) is 25.7 Å². The fraction of sp³-hybridized carbons (Fsp3) is 1.00. The highest BCUT2D eigenvalue weighted by Gasteiger charge is 2.25. The maximum Gasteiger partial charge on any atom is 0.0468 e. The van der Waals surface area contributed by atoms with E-state index in [2.05, 4.69) is 5.32 Å². The Bertz CT molecular complexity index is 110. The second-order valence-corrected chi connectivity index (χ2v) is 3.98. The molecule has 0 saturated carbocycles. The Hall–Kier alpha value is -0.0800. The Morgan fingerprint density at radius 1 is 1.00 bits per heavy atom. The first kappa shape index (κ1) is 8.52. The number of hydrogen-bond acceptors (Lipinski definition) is 1. The van der Waals surface area contributed by atoms with Gasteiger partial charge in [0.1, 0.15) is 0 Å². The molecule has 2 rings (SSSR count). The molecule has 2 heteroatoms. The van der Waals surface area contributed by atoms with Gasteiger partial charge in [-0.1, -0.05) is 0 Å². The summed E-state index contributed by atoms with van der Waals surface area (Å²) in [5.74, 6) is 1.81. The third-order valence-electron chi connectivity index (χ3n) is 3.19. The monoisotopic (exact) mass is 168 g/mol. The SMILES string of the molecule is C1C[N]CC(C2CCOCC2)C1. The van der Waals surface area contributed by atoms with E-state index in [-0.39, 0.29) is 0 Å². The van der Waals surface area contributed by atoms with Crippen LogP contribution in [0.5, 0.6) is 0 Å². The van der Waals surface area contributed by atoms with E-state index in [9.17, 15) is 0 Å². The molecule has 0 aromatic heterocycles. The van der Waals surface area contributed by atoms with Crippen LogP contribution in [0.3, 0.4) is 0 Å². The normalized spacial score (nSPS) is 33.5. The van der Waals surface area contributed by atoms with Crippen LogP contribution in [0, 0.1) is 11.8 Å². The fourth-order valence-electron chi connectivity index (χ4n) is 2.39. The summed E-state index contributed by atoms with van der Waals surface area (Å²) in [4.78, 5) is 0. The topological polar surface area (TPSA) is 23.3 Å². The molecule has 1 unspecified atom stereocenters. The van der Waals surface area contributed by atoms with Gasteiger partial charge in [0.15, 0.2) is 0 Å². The Labute approximate surface area is 74.7 Å². The average molecular weight is 168 g/mol. The van der Waals surface area contributed by atoms with Gasteiger partial charge in [0.25, 0.3) is 0 Å². The Morgan fingerprint density at radius 2 is 1.83 bits per heavy atom. The van der Waals surface area contributed by atoms with Gasteiger partial charge in [0.05, 0.1) is 0 Å². The second kappa shape index (κ2) is 4.24. The van der Waals surface area contributed by atoms with Crippen molar-refractivity contribution in [3.05, 3.63) is 0 Å². The zero-order valence-electron chi connectivity index (χ0n) is 7.67. The summed E-state index contributed by atoms with van der Waals surface area (Å²) in [5, 5.41) is 4.49. The third kappa shape index (κ3) is 1.99. The molecule has 2 nitrogen and oxygen atoms in total. The minimum Gasteiger partial charge on any atom is -0.381 e. The number of hydrogen-bond donors (Lipinski definition) is 0. The van der Waals surface area contributed by atoms with Crippen molar-refractivity contribution in [2.24, 2.45) is 11.8 Å². The van der Waals surface area contributed by atoms with Crippen LogP contribution in [0.2, 0.25) is 0 Å². The molecular weight excluding hydrogens is 150 g/mol. The third-order valence-corrected chi connectivity index (χ3v) is 3.19. The predicted octanol–water partition coefficient (Wildman–Crippen LogP) is 1.43. The molecule has 2 saturated heterocycles. The average Bonchev–Trinajstić information content (AvgIpc) is 2.21. The van der Waals surface area contributed by atoms with E-state index in [0.29, 0.717) is 0 Å². The van der Waals surface area contributed by atoms with E-state index in [0.717, 1.165) is 38.1 Å². The van der Waals surface area contributed by atoms with Gasteiger partial charge in [-0.15, -0.1) is 0 Å². The predicted molar refractivity (Wildman–Crippen MR) is 48.1 cm³/mol. The molecule has 0 spiro atoms. The fourth-order valence-corrected chi connectivity index (χ4v) is 2.39. The van der Waals surface area contributed by atoms with E-state index in [4.69, 9.17) is 4.74 Å². The van der Waals surface area contributed by atoms with Crippen molar-refractivity contribution >= 4 is 0 Å². The lowest BCUT2D eigenvalue weighted by Crippen LogP contribution is -2.32. The number of rotatable bonds is 1. The van der Waals surface area contributed by atoms with Gasteiger partial charge < -0.3 is 4.74 Å². The Kier molecular flexibility index (Phi) is 3.01. The summed E-state index contributed by atoms with van der Waals surface area (Å²) < 4.78 is 5.36. The molecule has 0 aromatic carbocycles. The van der Waals surface area contributed by atoms with Gasteiger partial charge in [-0.2, -0.15) is 0 Å². The van der Waals surface area contributed by atoms with E-state index >= 15 is 0 Å². The summed E-state index contributed by atoms with van der Waals surface area (Å²) in [7, 11) is 0. The summed E-state index contributed by atoms with van der Waals surface area (Å²) >= 11 is 0. The maximum absolute atomic E-state index is 5.36. The first-order valence-electron chi connectivity index (χ1n) is 5.18. The van der Waals surface area contributed by atoms with Gasteiger partial charge >= 0.3 is 0 Å². The molecule has 0 aliphatic carbocycles. The van der Waals surface area contributed by atoms with E-state index in [1.807, 2.05) is 0 Å². The molecule has 2 heterocycles. The Balaban J connectivity index is 1.80. The molecular formula is C10H18NO. The summed E-state index contributed by atoms with van der Waals surface area (Å²) in [5.41, 5.74) is 0. The van der Waals surface area contributed by atoms with Crippen LogP contribution in [-0.2, 0) is 4.74 Å². The summed E-state index contributed by atoms with van der Waals surface area (Å²) in [6.45, 7) is 4.22. The second-order valence-electron chi connectivity index (χ2n) is 3.98. The smallest absolute Gasteiger partial charge is 0.0468 e. The lowest BCUT2D eigenvalue weighted by atomic mass is 9.81. The largest absolute Gasteiger partial charge is 0.381 e. The molecule has 0 aromatic rings. The molecule has 2 fully saturated rings. The van der Waals surface area contributed by atoms with Crippen molar-refractivity contribution in [1.82, 2.24) is 5.32 Å². The van der Waals surface area contributed by atoms with Gasteiger partial charge in [-0.25, -0.2) is 5.32 Å². The van der Waals surface area contributed by atoms with Crippen LogP contribution in [0.4, 0.5) is 0 Å². The van der Waals surface area contributed by atoms with Crippen molar-refractivity contribution < 1.29 is 4.74 Å². The summed E-state index contributed by atoms with van der Waals surface area (Å²) in [6.07, 6.45) is 5.29. The molecule has 69 valence electrons. The van der Waals surface area contributed by atoms with Crippen molar-refractivity contribution in [2.45, 2.75) is 25.7 Å². The van der Waals surface area contributed by atoms with Crippen molar-refractivity contribution in [3.8, 4) is 0 Å².